The number of aromatic nitrogens is 3. The monoisotopic (exact) mass is 440 g/mol. The average Bonchev–Trinajstić information content (AvgIpc) is 3.16. The van der Waals surface area contributed by atoms with Crippen LogP contribution in [0.1, 0.15) is 29.4 Å². The van der Waals surface area contributed by atoms with Crippen LogP contribution in [-0.4, -0.2) is 40.6 Å². The van der Waals surface area contributed by atoms with E-state index in [1.807, 2.05) is 61.7 Å². The normalized spacial score (nSPS) is 10.7. The zero-order valence-electron chi connectivity index (χ0n) is 18.6. The van der Waals surface area contributed by atoms with Gasteiger partial charge in [0.15, 0.2) is 16.7 Å². The third kappa shape index (κ3) is 5.58. The Morgan fingerprint density at radius 3 is 2.55 bits per heavy atom. The summed E-state index contributed by atoms with van der Waals surface area (Å²) in [7, 11) is 3.24. The number of carbonyl (C=O) groups excluding carboxylic acids is 1. The second-order valence-corrected chi connectivity index (χ2v) is 8.11. The molecule has 3 aromatic rings. The zero-order chi connectivity index (χ0) is 22.4. The zero-order valence-corrected chi connectivity index (χ0v) is 19.4. The lowest BCUT2D eigenvalue weighted by molar-refractivity contribution is -0.113. The third-order valence-corrected chi connectivity index (χ3v) is 5.89. The first-order valence-electron chi connectivity index (χ1n) is 10.1. The number of ether oxygens (including phenoxy) is 2. The van der Waals surface area contributed by atoms with Gasteiger partial charge in [0.1, 0.15) is 5.82 Å². The maximum atomic E-state index is 12.5. The Morgan fingerprint density at radius 1 is 1.06 bits per heavy atom. The highest BCUT2D eigenvalue weighted by atomic mass is 32.2. The Labute approximate surface area is 187 Å². The Balaban J connectivity index is 1.67. The molecule has 7 nitrogen and oxygen atoms in total. The minimum absolute atomic E-state index is 0.0641. The third-order valence-electron chi connectivity index (χ3n) is 4.92. The van der Waals surface area contributed by atoms with Crippen LogP contribution >= 0.6 is 11.8 Å². The van der Waals surface area contributed by atoms with Crippen molar-refractivity contribution in [3.63, 3.8) is 0 Å². The molecule has 1 amide bonds. The molecule has 0 radical (unpaired) electrons. The predicted molar refractivity (Wildman–Crippen MR) is 123 cm³/mol. The van der Waals surface area contributed by atoms with Gasteiger partial charge >= 0.3 is 0 Å². The number of benzene rings is 2. The van der Waals surface area contributed by atoms with Crippen molar-refractivity contribution in [2.24, 2.45) is 0 Å². The Morgan fingerprint density at radius 2 is 1.84 bits per heavy atom. The molecular formula is C23H28N4O3S. The molecule has 0 spiro atoms. The lowest BCUT2D eigenvalue weighted by atomic mass is 10.1. The SMILES string of the molecule is CCn1c(Cc2ccc(OC)c(OC)c2)nnc1SCC(=O)Nc1cc(C)ccc1C. The molecule has 1 heterocycles. The fraction of sp³-hybridized carbons (Fsp3) is 0.348. The second kappa shape index (κ2) is 10.3. The summed E-state index contributed by atoms with van der Waals surface area (Å²) < 4.78 is 12.7. The molecule has 31 heavy (non-hydrogen) atoms. The van der Waals surface area contributed by atoms with Gasteiger partial charge in [0.05, 0.1) is 20.0 Å². The van der Waals surface area contributed by atoms with Gasteiger partial charge in [-0.05, 0) is 55.7 Å². The molecule has 0 aliphatic heterocycles. The number of amides is 1. The fourth-order valence-corrected chi connectivity index (χ4v) is 4.06. The topological polar surface area (TPSA) is 78.3 Å². The standard InChI is InChI=1S/C23H28N4O3S/c1-6-27-21(13-17-9-10-19(29-4)20(12-17)30-5)25-26-23(27)31-14-22(28)24-18-11-15(2)7-8-16(18)3/h7-12H,6,13-14H2,1-5H3,(H,24,28). The maximum Gasteiger partial charge on any atom is 0.234 e. The predicted octanol–water partition coefficient (Wildman–Crippen LogP) is 4.25. The van der Waals surface area contributed by atoms with Crippen LogP contribution in [0.25, 0.3) is 0 Å². The van der Waals surface area contributed by atoms with E-state index >= 15 is 0 Å². The van der Waals surface area contributed by atoms with E-state index in [4.69, 9.17) is 9.47 Å². The molecular weight excluding hydrogens is 412 g/mol. The molecule has 0 fully saturated rings. The molecule has 1 aromatic heterocycles. The summed E-state index contributed by atoms with van der Waals surface area (Å²) in [6, 6.07) is 11.8. The van der Waals surface area contributed by atoms with Crippen LogP contribution in [0.3, 0.4) is 0 Å². The van der Waals surface area contributed by atoms with E-state index in [-0.39, 0.29) is 11.7 Å². The Hall–Kier alpha value is -3.00. The van der Waals surface area contributed by atoms with E-state index in [9.17, 15) is 4.79 Å². The molecule has 1 N–H and O–H groups in total. The Kier molecular flexibility index (Phi) is 7.57. The van der Waals surface area contributed by atoms with Crippen LogP contribution in [-0.2, 0) is 17.8 Å². The summed E-state index contributed by atoms with van der Waals surface area (Å²) in [4.78, 5) is 12.5. The minimum Gasteiger partial charge on any atom is -0.493 e. The first-order chi connectivity index (χ1) is 14.9. The highest BCUT2D eigenvalue weighted by Crippen LogP contribution is 2.29. The van der Waals surface area contributed by atoms with Crippen molar-refractivity contribution in [1.82, 2.24) is 14.8 Å². The van der Waals surface area contributed by atoms with Gasteiger partial charge in [0.25, 0.3) is 0 Å². The van der Waals surface area contributed by atoms with Crippen LogP contribution < -0.4 is 14.8 Å². The summed E-state index contributed by atoms with van der Waals surface area (Å²) in [6.45, 7) is 6.75. The molecule has 0 aliphatic carbocycles. The first-order valence-corrected chi connectivity index (χ1v) is 11.1. The molecule has 0 saturated heterocycles. The summed E-state index contributed by atoms with van der Waals surface area (Å²) >= 11 is 1.39. The van der Waals surface area contributed by atoms with Gasteiger partial charge in [0, 0.05) is 18.7 Å². The van der Waals surface area contributed by atoms with Gasteiger partial charge in [-0.2, -0.15) is 0 Å². The van der Waals surface area contributed by atoms with Crippen molar-refractivity contribution in [2.45, 2.75) is 38.9 Å². The average molecular weight is 441 g/mol. The molecule has 0 atom stereocenters. The number of nitrogens with one attached hydrogen (secondary N) is 1. The molecule has 2 aromatic carbocycles. The number of anilines is 1. The number of carbonyl (C=O) groups is 1. The van der Waals surface area contributed by atoms with Crippen LogP contribution in [0.5, 0.6) is 11.5 Å². The largest absolute Gasteiger partial charge is 0.493 e. The molecule has 0 saturated carbocycles. The number of thioether (sulfide) groups is 1. The van der Waals surface area contributed by atoms with Crippen LogP contribution in [0.15, 0.2) is 41.6 Å². The van der Waals surface area contributed by atoms with Gasteiger partial charge in [-0.25, -0.2) is 0 Å². The first kappa shape index (κ1) is 22.7. The number of methoxy groups -OCH3 is 2. The number of hydrogen-bond donors (Lipinski definition) is 1. The maximum absolute atomic E-state index is 12.5. The van der Waals surface area contributed by atoms with Crippen LogP contribution in [0.2, 0.25) is 0 Å². The van der Waals surface area contributed by atoms with Gasteiger partial charge in [-0.1, -0.05) is 30.0 Å². The molecule has 3 rings (SSSR count). The van der Waals surface area contributed by atoms with Gasteiger partial charge < -0.3 is 19.4 Å². The number of aryl methyl sites for hydroxylation is 2. The molecule has 0 bridgehead atoms. The lowest BCUT2D eigenvalue weighted by Crippen LogP contribution is -2.15. The molecule has 164 valence electrons. The van der Waals surface area contributed by atoms with E-state index < -0.39 is 0 Å². The summed E-state index contributed by atoms with van der Waals surface area (Å²) in [5.41, 5.74) is 4.04. The lowest BCUT2D eigenvalue weighted by Gasteiger charge is -2.11. The van der Waals surface area contributed by atoms with Crippen LogP contribution in [0, 0.1) is 13.8 Å². The smallest absolute Gasteiger partial charge is 0.234 e. The van der Waals surface area contributed by atoms with E-state index in [1.165, 1.54) is 11.8 Å². The quantitative estimate of drug-likeness (QED) is 0.501. The fourth-order valence-electron chi connectivity index (χ4n) is 3.23. The van der Waals surface area contributed by atoms with Gasteiger partial charge in [-0.15, -0.1) is 10.2 Å². The van der Waals surface area contributed by atoms with Gasteiger partial charge in [0.2, 0.25) is 5.91 Å². The van der Waals surface area contributed by atoms with E-state index in [1.54, 1.807) is 14.2 Å². The minimum atomic E-state index is -0.0641. The van der Waals surface area contributed by atoms with Crippen molar-refractivity contribution in [2.75, 3.05) is 25.3 Å². The number of rotatable bonds is 9. The van der Waals surface area contributed by atoms with E-state index in [0.717, 1.165) is 39.9 Å². The Bertz CT molecular complexity index is 1060. The highest BCUT2D eigenvalue weighted by molar-refractivity contribution is 7.99. The summed E-state index contributed by atoms with van der Waals surface area (Å²) in [6.07, 6.45) is 0.608. The van der Waals surface area contributed by atoms with Crippen molar-refractivity contribution in [1.29, 1.82) is 0 Å². The van der Waals surface area contributed by atoms with Gasteiger partial charge in [-0.3, -0.25) is 4.79 Å². The number of hydrogen-bond acceptors (Lipinski definition) is 6. The van der Waals surface area contributed by atoms with Crippen LogP contribution in [0.4, 0.5) is 5.69 Å². The second-order valence-electron chi connectivity index (χ2n) is 7.16. The number of nitrogens with zero attached hydrogens (tertiary/aromatic N) is 3. The summed E-state index contributed by atoms with van der Waals surface area (Å²) in [5.74, 6) is 2.41. The van der Waals surface area contributed by atoms with Crippen molar-refractivity contribution in [3.8, 4) is 11.5 Å². The van der Waals surface area contributed by atoms with E-state index in [0.29, 0.717) is 17.9 Å². The van der Waals surface area contributed by atoms with Crippen molar-refractivity contribution in [3.05, 3.63) is 58.9 Å². The molecule has 0 aliphatic rings. The van der Waals surface area contributed by atoms with Crippen molar-refractivity contribution < 1.29 is 14.3 Å². The van der Waals surface area contributed by atoms with Crippen molar-refractivity contribution >= 4 is 23.4 Å². The highest BCUT2D eigenvalue weighted by Gasteiger charge is 2.15. The summed E-state index contributed by atoms with van der Waals surface area (Å²) in [5, 5.41) is 12.4. The molecule has 0 unspecified atom stereocenters. The van der Waals surface area contributed by atoms with E-state index in [2.05, 4.69) is 15.5 Å². The molecule has 8 heteroatoms.